The van der Waals surface area contributed by atoms with E-state index in [2.05, 4.69) is 5.32 Å². The van der Waals surface area contributed by atoms with E-state index in [1.54, 1.807) is 44.4 Å². The molecule has 28 heavy (non-hydrogen) atoms. The maximum atomic E-state index is 12.9. The van der Waals surface area contributed by atoms with E-state index in [4.69, 9.17) is 32.7 Å². The number of hydrogen-bond donors (Lipinski definition) is 1. The molecule has 7 heteroatoms. The minimum atomic E-state index is -0.525. The van der Waals surface area contributed by atoms with Gasteiger partial charge in [-0.25, -0.2) is 4.79 Å². The van der Waals surface area contributed by atoms with Crippen LogP contribution >= 0.6 is 23.2 Å². The summed E-state index contributed by atoms with van der Waals surface area (Å²) in [5.74, 6) is -0.498. The predicted octanol–water partition coefficient (Wildman–Crippen LogP) is 4.62. The Bertz CT molecular complexity index is 938. The highest BCUT2D eigenvalue weighted by molar-refractivity contribution is 6.42. The summed E-state index contributed by atoms with van der Waals surface area (Å²) >= 11 is 12.5. The Morgan fingerprint density at radius 2 is 1.89 bits per heavy atom. The molecule has 0 bridgehead atoms. The van der Waals surface area contributed by atoms with E-state index in [0.717, 1.165) is 11.3 Å². The molecule has 0 aromatic heterocycles. The van der Waals surface area contributed by atoms with Crippen LogP contribution in [0.3, 0.4) is 0 Å². The summed E-state index contributed by atoms with van der Waals surface area (Å²) in [5.41, 5.74) is 2.28. The van der Waals surface area contributed by atoms with E-state index in [1.165, 1.54) is 0 Å². The van der Waals surface area contributed by atoms with Gasteiger partial charge in [0.25, 0.3) is 0 Å². The first-order chi connectivity index (χ1) is 13.4. The summed E-state index contributed by atoms with van der Waals surface area (Å²) in [4.78, 5) is 24.9. The maximum absolute atomic E-state index is 12.9. The molecular formula is C21H19Cl2NO4. The molecule has 2 aromatic rings. The van der Waals surface area contributed by atoms with Crippen molar-refractivity contribution in [3.8, 4) is 5.75 Å². The predicted molar refractivity (Wildman–Crippen MR) is 107 cm³/mol. The van der Waals surface area contributed by atoms with Crippen molar-refractivity contribution in [2.45, 2.75) is 25.9 Å². The van der Waals surface area contributed by atoms with E-state index in [1.807, 2.05) is 12.1 Å². The summed E-state index contributed by atoms with van der Waals surface area (Å²) in [7, 11) is 1.59. The van der Waals surface area contributed by atoms with Crippen LogP contribution in [0.1, 0.15) is 30.4 Å². The van der Waals surface area contributed by atoms with Crippen molar-refractivity contribution in [2.75, 3.05) is 7.11 Å². The molecule has 0 fully saturated rings. The highest BCUT2D eigenvalue weighted by Gasteiger charge is 2.34. The molecular weight excluding hydrogens is 401 g/mol. The van der Waals surface area contributed by atoms with Crippen molar-refractivity contribution in [1.29, 1.82) is 0 Å². The number of methoxy groups -OCH3 is 1. The van der Waals surface area contributed by atoms with Crippen molar-refractivity contribution < 1.29 is 19.1 Å². The summed E-state index contributed by atoms with van der Waals surface area (Å²) in [5, 5.41) is 3.40. The maximum Gasteiger partial charge on any atom is 0.336 e. The van der Waals surface area contributed by atoms with E-state index < -0.39 is 11.9 Å². The molecule has 5 nitrogen and oxygen atoms in total. The first-order valence-electron chi connectivity index (χ1n) is 8.65. The number of halogens is 2. The molecule has 1 aliphatic heterocycles. The van der Waals surface area contributed by atoms with Gasteiger partial charge in [0.2, 0.25) is 5.91 Å². The lowest BCUT2D eigenvalue weighted by molar-refractivity contribution is -0.141. The van der Waals surface area contributed by atoms with E-state index in [0.29, 0.717) is 26.9 Å². The van der Waals surface area contributed by atoms with Crippen molar-refractivity contribution in [3.63, 3.8) is 0 Å². The molecule has 0 spiro atoms. The van der Waals surface area contributed by atoms with Gasteiger partial charge >= 0.3 is 5.97 Å². The van der Waals surface area contributed by atoms with Crippen molar-refractivity contribution >= 4 is 35.1 Å². The molecule has 1 heterocycles. The molecule has 2 aromatic carbocycles. The number of carbonyl (C=O) groups excluding carboxylic acids is 2. The zero-order valence-electron chi connectivity index (χ0n) is 15.4. The zero-order valence-corrected chi connectivity index (χ0v) is 16.9. The molecule has 1 atom stereocenters. The SMILES string of the molecule is COc1ccc(COC(=O)C2=C(C)NC(=O)C[C@@H]2c2cccc(Cl)c2Cl)cc1. The molecule has 1 N–H and O–H groups in total. The third kappa shape index (κ3) is 4.32. The molecule has 1 aliphatic rings. The second-order valence-corrected chi connectivity index (χ2v) is 7.20. The van der Waals surface area contributed by atoms with Crippen molar-refractivity contribution in [3.05, 3.63) is 74.9 Å². The second kappa shape index (κ2) is 8.67. The van der Waals surface area contributed by atoms with Crippen molar-refractivity contribution in [1.82, 2.24) is 5.32 Å². The lowest BCUT2D eigenvalue weighted by Gasteiger charge is -2.27. The summed E-state index contributed by atoms with van der Waals surface area (Å²) < 4.78 is 10.6. The van der Waals surface area contributed by atoms with Gasteiger partial charge in [-0.2, -0.15) is 0 Å². The van der Waals surface area contributed by atoms with E-state index in [9.17, 15) is 9.59 Å². The van der Waals surface area contributed by atoms with Gasteiger partial charge < -0.3 is 14.8 Å². The molecule has 1 amide bonds. The van der Waals surface area contributed by atoms with Crippen LogP contribution in [0.4, 0.5) is 0 Å². The van der Waals surface area contributed by atoms with Crippen LogP contribution in [0.2, 0.25) is 10.0 Å². The number of nitrogens with one attached hydrogen (secondary N) is 1. The lowest BCUT2D eigenvalue weighted by Crippen LogP contribution is -2.34. The number of esters is 1. The Hall–Kier alpha value is -2.50. The van der Waals surface area contributed by atoms with Gasteiger partial charge in [-0.05, 0) is 36.2 Å². The molecule has 0 saturated heterocycles. The van der Waals surface area contributed by atoms with Gasteiger partial charge in [0.05, 0.1) is 22.7 Å². The molecule has 3 rings (SSSR count). The molecule has 0 saturated carbocycles. The Morgan fingerprint density at radius 3 is 2.57 bits per heavy atom. The fourth-order valence-electron chi connectivity index (χ4n) is 3.18. The van der Waals surface area contributed by atoms with Gasteiger partial charge in [0.1, 0.15) is 12.4 Å². The zero-order chi connectivity index (χ0) is 20.3. The summed E-state index contributed by atoms with van der Waals surface area (Å²) in [6.45, 7) is 1.77. The van der Waals surface area contributed by atoms with E-state index in [-0.39, 0.29) is 18.9 Å². The summed E-state index contributed by atoms with van der Waals surface area (Å²) in [6.07, 6.45) is 0.0877. The normalized spacial score (nSPS) is 16.6. The first-order valence-corrected chi connectivity index (χ1v) is 9.41. The average molecular weight is 420 g/mol. The van der Waals surface area contributed by atoms with Gasteiger partial charge in [-0.1, -0.05) is 47.5 Å². The van der Waals surface area contributed by atoms with Crippen LogP contribution in [0.15, 0.2) is 53.7 Å². The van der Waals surface area contributed by atoms with Crippen LogP contribution in [0.5, 0.6) is 5.75 Å². The quantitative estimate of drug-likeness (QED) is 0.717. The number of allylic oxidation sites excluding steroid dienone is 1. The smallest absolute Gasteiger partial charge is 0.336 e. The fourth-order valence-corrected chi connectivity index (χ4v) is 3.61. The van der Waals surface area contributed by atoms with Gasteiger partial charge in [0.15, 0.2) is 0 Å². The van der Waals surface area contributed by atoms with Gasteiger partial charge in [-0.15, -0.1) is 0 Å². The van der Waals surface area contributed by atoms with Crippen molar-refractivity contribution in [2.24, 2.45) is 0 Å². The monoisotopic (exact) mass is 419 g/mol. The van der Waals surface area contributed by atoms with Crippen LogP contribution in [0, 0.1) is 0 Å². The van der Waals surface area contributed by atoms with Crippen LogP contribution < -0.4 is 10.1 Å². The molecule has 0 aliphatic carbocycles. The van der Waals surface area contributed by atoms with Crippen LogP contribution in [-0.4, -0.2) is 19.0 Å². The Balaban J connectivity index is 1.85. The first kappa shape index (κ1) is 20.2. The Morgan fingerprint density at radius 1 is 1.18 bits per heavy atom. The van der Waals surface area contributed by atoms with Crippen LogP contribution in [-0.2, 0) is 20.9 Å². The molecule has 0 unspecified atom stereocenters. The second-order valence-electron chi connectivity index (χ2n) is 6.41. The standard InChI is InChI=1S/C21H19Cl2NO4/c1-12-19(21(26)28-11-13-6-8-14(27-2)9-7-13)16(10-18(25)24-12)15-4-3-5-17(22)20(15)23/h3-9,16H,10-11H2,1-2H3,(H,24,25)/t16-/m1/s1. The average Bonchev–Trinajstić information content (AvgIpc) is 2.68. The van der Waals surface area contributed by atoms with Crippen LogP contribution in [0.25, 0.3) is 0 Å². The number of benzene rings is 2. The largest absolute Gasteiger partial charge is 0.497 e. The Labute approximate surface area is 173 Å². The van der Waals surface area contributed by atoms with E-state index >= 15 is 0 Å². The minimum Gasteiger partial charge on any atom is -0.497 e. The highest BCUT2D eigenvalue weighted by Crippen LogP contribution is 2.39. The third-order valence-corrected chi connectivity index (χ3v) is 5.41. The fraction of sp³-hybridized carbons (Fsp3) is 0.238. The Kier molecular flexibility index (Phi) is 6.27. The molecule has 146 valence electrons. The highest BCUT2D eigenvalue weighted by atomic mass is 35.5. The number of carbonyl (C=O) groups is 2. The number of rotatable bonds is 5. The topological polar surface area (TPSA) is 64.6 Å². The molecule has 0 radical (unpaired) electrons. The third-order valence-electron chi connectivity index (χ3n) is 4.57. The minimum absolute atomic E-state index is 0.0877. The van der Waals surface area contributed by atoms with Gasteiger partial charge in [0, 0.05) is 18.0 Å². The lowest BCUT2D eigenvalue weighted by atomic mass is 9.84. The number of amides is 1. The number of ether oxygens (including phenoxy) is 2. The summed E-state index contributed by atoms with van der Waals surface area (Å²) in [6, 6.07) is 12.4. The number of hydrogen-bond acceptors (Lipinski definition) is 4. The van der Waals surface area contributed by atoms with Gasteiger partial charge in [-0.3, -0.25) is 4.79 Å².